The van der Waals surface area contributed by atoms with Gasteiger partial charge in [0.25, 0.3) is 0 Å². The van der Waals surface area contributed by atoms with E-state index in [1.54, 1.807) is 31.3 Å². The fourth-order valence-electron chi connectivity index (χ4n) is 1.90. The molecular formula is C13H13FN2O2. The Morgan fingerprint density at radius 1 is 1.44 bits per heavy atom. The largest absolute Gasteiger partial charge is 0.476 e. The lowest BCUT2D eigenvalue weighted by atomic mass is 10.0. The second-order valence-corrected chi connectivity index (χ2v) is 4.05. The molecule has 18 heavy (non-hydrogen) atoms. The average Bonchev–Trinajstić information content (AvgIpc) is 2.71. The predicted molar refractivity (Wildman–Crippen MR) is 65.1 cm³/mol. The summed E-state index contributed by atoms with van der Waals surface area (Å²) in [7, 11) is 1.64. The Hall–Kier alpha value is -2.17. The number of benzene rings is 1. The zero-order valence-corrected chi connectivity index (χ0v) is 10.1. The van der Waals surface area contributed by atoms with Crippen LogP contribution < -0.4 is 0 Å². The van der Waals surface area contributed by atoms with E-state index in [4.69, 9.17) is 5.11 Å². The van der Waals surface area contributed by atoms with Gasteiger partial charge >= 0.3 is 5.97 Å². The van der Waals surface area contributed by atoms with Crippen molar-refractivity contribution < 1.29 is 14.3 Å². The number of alkyl halides is 1. The van der Waals surface area contributed by atoms with Crippen LogP contribution in [-0.2, 0) is 7.05 Å². The van der Waals surface area contributed by atoms with Gasteiger partial charge in [-0.3, -0.25) is 4.68 Å². The summed E-state index contributed by atoms with van der Waals surface area (Å²) in [4.78, 5) is 10.9. The van der Waals surface area contributed by atoms with Crippen LogP contribution in [0.3, 0.4) is 0 Å². The maximum atomic E-state index is 13.5. The van der Waals surface area contributed by atoms with Crippen molar-refractivity contribution in [1.29, 1.82) is 0 Å². The van der Waals surface area contributed by atoms with Crippen molar-refractivity contribution >= 4 is 5.97 Å². The number of carboxylic acid groups (broad SMARTS) is 1. The summed E-state index contributed by atoms with van der Waals surface area (Å²) in [5.41, 5.74) is 1.73. The zero-order valence-electron chi connectivity index (χ0n) is 10.1. The number of aryl methyl sites for hydroxylation is 1. The third kappa shape index (κ3) is 2.11. The molecular weight excluding hydrogens is 235 g/mol. The lowest BCUT2D eigenvalue weighted by Crippen LogP contribution is -2.00. The highest BCUT2D eigenvalue weighted by Gasteiger charge is 2.16. The van der Waals surface area contributed by atoms with E-state index in [1.165, 1.54) is 17.7 Å². The number of hydrogen-bond acceptors (Lipinski definition) is 2. The van der Waals surface area contributed by atoms with Gasteiger partial charge in [-0.1, -0.05) is 24.3 Å². The lowest BCUT2D eigenvalue weighted by molar-refractivity contribution is 0.0689. The lowest BCUT2D eigenvalue weighted by Gasteiger charge is -2.10. The van der Waals surface area contributed by atoms with Gasteiger partial charge in [0, 0.05) is 12.6 Å². The van der Waals surface area contributed by atoms with E-state index in [9.17, 15) is 9.18 Å². The van der Waals surface area contributed by atoms with Crippen molar-refractivity contribution in [2.45, 2.75) is 13.1 Å². The van der Waals surface area contributed by atoms with Crippen LogP contribution in [0.5, 0.6) is 0 Å². The summed E-state index contributed by atoms with van der Waals surface area (Å²) < 4.78 is 15.0. The molecule has 0 saturated carbocycles. The Labute approximate surface area is 104 Å². The van der Waals surface area contributed by atoms with E-state index < -0.39 is 12.1 Å². The molecule has 0 amide bonds. The molecule has 0 saturated heterocycles. The van der Waals surface area contributed by atoms with Crippen LogP contribution in [-0.4, -0.2) is 20.9 Å². The van der Waals surface area contributed by atoms with Crippen molar-refractivity contribution in [2.24, 2.45) is 7.05 Å². The van der Waals surface area contributed by atoms with Gasteiger partial charge in [-0.25, -0.2) is 9.18 Å². The quantitative estimate of drug-likeness (QED) is 0.908. The molecule has 0 aliphatic heterocycles. The molecule has 1 aromatic carbocycles. The first-order valence-corrected chi connectivity index (χ1v) is 5.51. The Bertz CT molecular complexity index is 590. The molecule has 5 heteroatoms. The van der Waals surface area contributed by atoms with Crippen molar-refractivity contribution in [3.63, 3.8) is 0 Å². The molecule has 1 heterocycles. The summed E-state index contributed by atoms with van der Waals surface area (Å²) in [6.45, 7) is 1.45. The highest BCUT2D eigenvalue weighted by Crippen LogP contribution is 2.30. The van der Waals surface area contributed by atoms with E-state index >= 15 is 0 Å². The van der Waals surface area contributed by atoms with Gasteiger partial charge in [0.05, 0.1) is 5.69 Å². The summed E-state index contributed by atoms with van der Waals surface area (Å²) in [5, 5.41) is 12.8. The van der Waals surface area contributed by atoms with Crippen molar-refractivity contribution in [3.05, 3.63) is 41.6 Å². The minimum atomic E-state index is -1.12. The summed E-state index contributed by atoms with van der Waals surface area (Å²) in [6.07, 6.45) is -1.12. The standard InChI is InChI=1S/C13H13FN2O2/c1-8(14)9-5-3-4-6-10(9)12-7-11(13(17)18)15-16(12)2/h3-8H,1-2H3,(H,17,18). The van der Waals surface area contributed by atoms with Gasteiger partial charge in [-0.15, -0.1) is 0 Å². The van der Waals surface area contributed by atoms with Gasteiger partial charge in [-0.2, -0.15) is 5.10 Å². The third-order valence-electron chi connectivity index (χ3n) is 2.76. The molecule has 0 fully saturated rings. The number of aromatic nitrogens is 2. The van der Waals surface area contributed by atoms with Crippen LogP contribution in [0.25, 0.3) is 11.3 Å². The number of nitrogens with zero attached hydrogens (tertiary/aromatic N) is 2. The smallest absolute Gasteiger partial charge is 0.356 e. The maximum Gasteiger partial charge on any atom is 0.356 e. The molecule has 0 spiro atoms. The van der Waals surface area contributed by atoms with Gasteiger partial charge in [0.2, 0.25) is 0 Å². The van der Waals surface area contributed by atoms with Crippen LogP contribution in [0.4, 0.5) is 4.39 Å². The minimum absolute atomic E-state index is 0.0474. The number of rotatable bonds is 3. The first kappa shape index (κ1) is 12.3. The Morgan fingerprint density at radius 2 is 2.11 bits per heavy atom. The first-order valence-electron chi connectivity index (χ1n) is 5.51. The highest BCUT2D eigenvalue weighted by atomic mass is 19.1. The van der Waals surface area contributed by atoms with Crippen molar-refractivity contribution in [2.75, 3.05) is 0 Å². The molecule has 1 atom stereocenters. The molecule has 1 N–H and O–H groups in total. The molecule has 0 aliphatic carbocycles. The number of halogens is 1. The van der Waals surface area contributed by atoms with Gasteiger partial charge in [-0.05, 0) is 18.6 Å². The van der Waals surface area contributed by atoms with Crippen LogP contribution in [0.15, 0.2) is 30.3 Å². The maximum absolute atomic E-state index is 13.5. The van der Waals surface area contributed by atoms with E-state index in [0.29, 0.717) is 16.8 Å². The topological polar surface area (TPSA) is 55.1 Å². The molecule has 1 unspecified atom stereocenters. The summed E-state index contributed by atoms with van der Waals surface area (Å²) in [6, 6.07) is 8.43. The molecule has 0 bridgehead atoms. The number of aromatic carboxylic acids is 1. The number of carboxylic acids is 1. The van der Waals surface area contributed by atoms with Gasteiger partial charge in [0.1, 0.15) is 6.17 Å². The van der Waals surface area contributed by atoms with Crippen LogP contribution >= 0.6 is 0 Å². The predicted octanol–water partition coefficient (Wildman–Crippen LogP) is 2.82. The monoisotopic (exact) mass is 248 g/mol. The molecule has 94 valence electrons. The third-order valence-corrected chi connectivity index (χ3v) is 2.76. The van der Waals surface area contributed by atoms with Gasteiger partial charge in [0.15, 0.2) is 5.69 Å². The van der Waals surface area contributed by atoms with E-state index in [0.717, 1.165) is 0 Å². The second-order valence-electron chi connectivity index (χ2n) is 4.05. The zero-order chi connectivity index (χ0) is 13.3. The fraction of sp³-hybridized carbons (Fsp3) is 0.231. The number of carbonyl (C=O) groups is 1. The van der Waals surface area contributed by atoms with E-state index in [2.05, 4.69) is 5.10 Å². The van der Waals surface area contributed by atoms with E-state index in [-0.39, 0.29) is 5.69 Å². The highest BCUT2D eigenvalue weighted by molar-refractivity contribution is 5.87. The average molecular weight is 248 g/mol. The van der Waals surface area contributed by atoms with Crippen LogP contribution in [0.2, 0.25) is 0 Å². The molecule has 0 aliphatic rings. The van der Waals surface area contributed by atoms with Crippen molar-refractivity contribution in [1.82, 2.24) is 9.78 Å². The summed E-state index contributed by atoms with van der Waals surface area (Å²) in [5.74, 6) is -1.09. The normalized spacial score (nSPS) is 12.4. The molecule has 0 radical (unpaired) electrons. The summed E-state index contributed by atoms with van der Waals surface area (Å²) >= 11 is 0. The Morgan fingerprint density at radius 3 is 2.67 bits per heavy atom. The van der Waals surface area contributed by atoms with Crippen LogP contribution in [0, 0.1) is 0 Å². The fourth-order valence-corrected chi connectivity index (χ4v) is 1.90. The Kier molecular flexibility index (Phi) is 3.14. The second kappa shape index (κ2) is 4.60. The first-order chi connectivity index (χ1) is 8.50. The molecule has 2 rings (SSSR count). The van der Waals surface area contributed by atoms with E-state index in [1.807, 2.05) is 0 Å². The SMILES string of the molecule is CC(F)c1ccccc1-c1cc(C(=O)O)nn1C. The molecule has 2 aromatic rings. The van der Waals surface area contributed by atoms with Crippen molar-refractivity contribution in [3.8, 4) is 11.3 Å². The molecule has 4 nitrogen and oxygen atoms in total. The van der Waals surface area contributed by atoms with Gasteiger partial charge < -0.3 is 5.11 Å². The Balaban J connectivity index is 2.58. The van der Waals surface area contributed by atoms with Crippen LogP contribution in [0.1, 0.15) is 29.1 Å². The molecule has 1 aromatic heterocycles. The number of hydrogen-bond donors (Lipinski definition) is 1. The minimum Gasteiger partial charge on any atom is -0.476 e.